The SMILES string of the molecule is Cc1cc(-c2c(-c3ccccc3)nc(N)[n+]3c(=O)n(Cc4ccnn4C)[nH]c23)cc(C)n1. The maximum absolute atomic E-state index is 13.3. The Bertz CT molecular complexity index is 1490. The number of fused-ring (bicyclic) bond motifs is 1. The Morgan fingerprint density at radius 1 is 1.03 bits per heavy atom. The molecule has 4 aromatic heterocycles. The number of hydrogen-bond acceptors (Lipinski definition) is 5. The second-order valence-electron chi connectivity index (χ2n) is 7.81. The first-order valence-corrected chi connectivity index (χ1v) is 10.2. The van der Waals surface area contributed by atoms with Crippen molar-refractivity contribution < 1.29 is 4.40 Å². The van der Waals surface area contributed by atoms with E-state index in [0.29, 0.717) is 17.9 Å². The normalized spacial score (nSPS) is 11.3. The van der Waals surface area contributed by atoms with Gasteiger partial charge in [0.15, 0.2) is 0 Å². The Morgan fingerprint density at radius 2 is 1.75 bits per heavy atom. The van der Waals surface area contributed by atoms with Gasteiger partial charge in [0, 0.05) is 30.2 Å². The van der Waals surface area contributed by atoms with Crippen LogP contribution < -0.4 is 15.8 Å². The molecule has 5 rings (SSSR count). The minimum Gasteiger partial charge on any atom is -0.319 e. The predicted octanol–water partition coefficient (Wildman–Crippen LogP) is 2.02. The number of benzene rings is 1. The predicted molar refractivity (Wildman–Crippen MR) is 121 cm³/mol. The van der Waals surface area contributed by atoms with Crippen LogP contribution in [0.5, 0.6) is 0 Å². The molecule has 0 aliphatic carbocycles. The van der Waals surface area contributed by atoms with Crippen molar-refractivity contribution in [1.82, 2.24) is 29.5 Å². The first-order valence-electron chi connectivity index (χ1n) is 10.2. The first-order chi connectivity index (χ1) is 15.4. The van der Waals surface area contributed by atoms with Crippen molar-refractivity contribution in [2.45, 2.75) is 20.4 Å². The molecule has 0 saturated heterocycles. The smallest absolute Gasteiger partial charge is 0.319 e. The molecule has 9 nitrogen and oxygen atoms in total. The number of aromatic nitrogens is 7. The standard InChI is InChI=1S/C23H22N8O/c1-14-11-17(12-15(2)26-14)19-20(16-7-5-4-6-8-16)27-22(24)31-21(19)28-30(23(31)32)13-18-9-10-25-29(18)3/h4-12H,13H2,1-3H3,(H2,24,26,27,28)/p+1. The number of rotatable bonds is 4. The van der Waals surface area contributed by atoms with Crippen LogP contribution in [0.15, 0.2) is 59.5 Å². The second kappa shape index (κ2) is 7.45. The van der Waals surface area contributed by atoms with E-state index in [1.807, 2.05) is 69.4 Å². The van der Waals surface area contributed by atoms with E-state index in [-0.39, 0.29) is 11.6 Å². The molecular formula is C23H23N8O+. The Kier molecular flexibility index (Phi) is 4.58. The molecule has 0 aliphatic rings. The lowest BCUT2D eigenvalue weighted by atomic mass is 9.99. The fraction of sp³-hybridized carbons (Fsp3) is 0.174. The molecule has 0 fully saturated rings. The molecule has 0 amide bonds. The highest BCUT2D eigenvalue weighted by Crippen LogP contribution is 2.33. The Labute approximate surface area is 183 Å². The third-order valence-electron chi connectivity index (χ3n) is 5.48. The third kappa shape index (κ3) is 3.24. The van der Waals surface area contributed by atoms with Crippen LogP contribution in [0.4, 0.5) is 5.95 Å². The highest BCUT2D eigenvalue weighted by molar-refractivity contribution is 5.88. The molecule has 0 bridgehead atoms. The van der Waals surface area contributed by atoms with Gasteiger partial charge in [-0.1, -0.05) is 30.3 Å². The number of nitrogens with two attached hydrogens (primary N) is 1. The maximum Gasteiger partial charge on any atom is 0.428 e. The lowest BCUT2D eigenvalue weighted by Gasteiger charge is -2.10. The number of pyridine rings is 1. The van der Waals surface area contributed by atoms with Crippen LogP contribution in [-0.2, 0) is 13.6 Å². The summed E-state index contributed by atoms with van der Waals surface area (Å²) in [6.45, 7) is 4.22. The number of aryl methyl sites for hydroxylation is 3. The van der Waals surface area contributed by atoms with Gasteiger partial charge in [0.05, 0.1) is 11.3 Å². The summed E-state index contributed by atoms with van der Waals surface area (Å²) < 4.78 is 4.67. The zero-order valence-corrected chi connectivity index (χ0v) is 18.1. The van der Waals surface area contributed by atoms with Crippen molar-refractivity contribution in [2.75, 3.05) is 5.73 Å². The molecule has 160 valence electrons. The number of nitrogens with one attached hydrogen (secondary N) is 1. The van der Waals surface area contributed by atoms with Crippen molar-refractivity contribution in [2.24, 2.45) is 7.05 Å². The van der Waals surface area contributed by atoms with Crippen molar-refractivity contribution >= 4 is 11.6 Å². The summed E-state index contributed by atoms with van der Waals surface area (Å²) in [5.41, 5.74) is 12.5. The van der Waals surface area contributed by atoms with Crippen LogP contribution in [0, 0.1) is 13.8 Å². The van der Waals surface area contributed by atoms with Gasteiger partial charge >= 0.3 is 11.6 Å². The number of aromatic amines is 1. The van der Waals surface area contributed by atoms with Gasteiger partial charge in [-0.15, -0.1) is 9.38 Å². The van der Waals surface area contributed by atoms with Gasteiger partial charge in [-0.25, -0.2) is 9.89 Å². The second-order valence-corrected chi connectivity index (χ2v) is 7.81. The fourth-order valence-electron chi connectivity index (χ4n) is 4.04. The summed E-state index contributed by atoms with van der Waals surface area (Å²) in [4.78, 5) is 22.5. The zero-order valence-electron chi connectivity index (χ0n) is 18.1. The van der Waals surface area contributed by atoms with Gasteiger partial charge in [0.25, 0.3) is 0 Å². The number of hydrogen-bond donors (Lipinski definition) is 2. The van der Waals surface area contributed by atoms with Gasteiger partial charge in [-0.05, 0) is 37.6 Å². The van der Waals surface area contributed by atoms with E-state index in [2.05, 4.69) is 20.2 Å². The van der Waals surface area contributed by atoms with Crippen LogP contribution in [-0.4, -0.2) is 29.5 Å². The van der Waals surface area contributed by atoms with E-state index in [4.69, 9.17) is 5.73 Å². The highest BCUT2D eigenvalue weighted by atomic mass is 16.2. The van der Waals surface area contributed by atoms with Crippen LogP contribution in [0.3, 0.4) is 0 Å². The topological polar surface area (TPSA) is 112 Å². The number of nitrogens with zero attached hydrogens (tertiary/aromatic N) is 6. The molecule has 0 unspecified atom stereocenters. The average molecular weight is 427 g/mol. The van der Waals surface area contributed by atoms with Gasteiger partial charge in [0.1, 0.15) is 12.2 Å². The lowest BCUT2D eigenvalue weighted by Crippen LogP contribution is -2.44. The molecule has 0 spiro atoms. The summed E-state index contributed by atoms with van der Waals surface area (Å²) in [5, 5.41) is 7.46. The summed E-state index contributed by atoms with van der Waals surface area (Å²) in [6.07, 6.45) is 1.70. The van der Waals surface area contributed by atoms with E-state index in [9.17, 15) is 4.79 Å². The minimum absolute atomic E-state index is 0.120. The van der Waals surface area contributed by atoms with Gasteiger partial charge in [-0.3, -0.25) is 9.67 Å². The number of H-pyrrole nitrogens is 1. The lowest BCUT2D eigenvalue weighted by molar-refractivity contribution is -0.516. The zero-order chi connectivity index (χ0) is 22.4. The molecule has 0 atom stereocenters. The largest absolute Gasteiger partial charge is 0.428 e. The molecule has 0 saturated carbocycles. The summed E-state index contributed by atoms with van der Waals surface area (Å²) >= 11 is 0. The number of anilines is 1. The van der Waals surface area contributed by atoms with Crippen LogP contribution in [0.1, 0.15) is 17.1 Å². The molecule has 0 radical (unpaired) electrons. The average Bonchev–Trinajstić information content (AvgIpc) is 3.31. The summed E-state index contributed by atoms with van der Waals surface area (Å²) in [5.74, 6) is 0.120. The third-order valence-corrected chi connectivity index (χ3v) is 5.48. The van der Waals surface area contributed by atoms with Crippen molar-refractivity contribution in [3.8, 4) is 22.4 Å². The van der Waals surface area contributed by atoms with E-state index < -0.39 is 0 Å². The maximum atomic E-state index is 13.3. The Balaban J connectivity index is 1.84. The van der Waals surface area contributed by atoms with Gasteiger partial charge < -0.3 is 5.73 Å². The minimum atomic E-state index is -0.297. The fourth-order valence-corrected chi connectivity index (χ4v) is 4.04. The van der Waals surface area contributed by atoms with E-state index in [1.54, 1.807) is 10.9 Å². The molecule has 32 heavy (non-hydrogen) atoms. The van der Waals surface area contributed by atoms with Crippen molar-refractivity contribution in [3.63, 3.8) is 0 Å². The molecule has 0 aliphatic heterocycles. The monoisotopic (exact) mass is 427 g/mol. The van der Waals surface area contributed by atoms with Gasteiger partial charge in [-0.2, -0.15) is 9.78 Å². The van der Waals surface area contributed by atoms with Crippen LogP contribution in [0.25, 0.3) is 28.0 Å². The summed E-state index contributed by atoms with van der Waals surface area (Å²) in [6, 6.07) is 15.7. The molecule has 1 aromatic carbocycles. The molecule has 3 N–H and O–H groups in total. The Hall–Kier alpha value is -4.27. The summed E-state index contributed by atoms with van der Waals surface area (Å²) in [7, 11) is 1.84. The quantitative estimate of drug-likeness (QED) is 0.426. The highest BCUT2D eigenvalue weighted by Gasteiger charge is 2.26. The molecule has 5 aromatic rings. The first kappa shape index (κ1) is 19.7. The van der Waals surface area contributed by atoms with E-state index in [0.717, 1.165) is 33.8 Å². The van der Waals surface area contributed by atoms with Gasteiger partial charge in [0.2, 0.25) is 5.65 Å². The number of nitrogen functional groups attached to an aromatic ring is 1. The van der Waals surface area contributed by atoms with E-state index in [1.165, 1.54) is 9.08 Å². The molecular weight excluding hydrogens is 404 g/mol. The molecule has 9 heteroatoms. The van der Waals surface area contributed by atoms with Crippen molar-refractivity contribution in [3.05, 3.63) is 82.3 Å². The van der Waals surface area contributed by atoms with Crippen LogP contribution in [0.2, 0.25) is 0 Å². The van der Waals surface area contributed by atoms with Crippen molar-refractivity contribution in [1.29, 1.82) is 0 Å². The van der Waals surface area contributed by atoms with E-state index >= 15 is 0 Å². The Morgan fingerprint density at radius 3 is 2.41 bits per heavy atom. The van der Waals surface area contributed by atoms with Crippen LogP contribution >= 0.6 is 0 Å². The molecule has 4 heterocycles.